The highest BCUT2D eigenvalue weighted by molar-refractivity contribution is 5.91. The zero-order valence-corrected chi connectivity index (χ0v) is 23.3. The van der Waals surface area contributed by atoms with Gasteiger partial charge in [0.1, 0.15) is 11.7 Å². The molecule has 236 valence electrons. The van der Waals surface area contributed by atoms with Crippen LogP contribution in [0.5, 0.6) is 11.9 Å². The number of amides is 2. The minimum absolute atomic E-state index is 0.0350. The summed E-state index contributed by atoms with van der Waals surface area (Å²) < 4.78 is 81.5. The van der Waals surface area contributed by atoms with Crippen molar-refractivity contribution in [2.75, 3.05) is 37.1 Å². The summed E-state index contributed by atoms with van der Waals surface area (Å²) in [4.78, 5) is 38.9. The Morgan fingerprint density at radius 2 is 1.75 bits per heavy atom. The second-order valence-corrected chi connectivity index (χ2v) is 10.0. The van der Waals surface area contributed by atoms with E-state index in [1.807, 2.05) is 0 Å². The highest BCUT2D eigenvalue weighted by atomic mass is 19.4. The highest BCUT2D eigenvalue weighted by Crippen LogP contribution is 2.36. The molecule has 1 aliphatic heterocycles. The monoisotopic (exact) mass is 625 g/mol. The summed E-state index contributed by atoms with van der Waals surface area (Å²) in [5.74, 6) is -0.464. The van der Waals surface area contributed by atoms with Gasteiger partial charge in [0.15, 0.2) is 5.82 Å². The molecule has 3 aromatic heterocycles. The molecule has 2 N–H and O–H groups in total. The van der Waals surface area contributed by atoms with Crippen molar-refractivity contribution in [3.05, 3.63) is 36.5 Å². The van der Waals surface area contributed by atoms with Crippen molar-refractivity contribution in [3.8, 4) is 23.1 Å². The number of aromatic nitrogens is 6. The number of nitrogens with one attached hydrogen (secondary N) is 2. The van der Waals surface area contributed by atoms with E-state index in [1.54, 1.807) is 0 Å². The summed E-state index contributed by atoms with van der Waals surface area (Å²) in [5.41, 5.74) is -0.122. The van der Waals surface area contributed by atoms with Gasteiger partial charge in [0.05, 0.1) is 45.0 Å². The topological polar surface area (TPSA) is 149 Å². The summed E-state index contributed by atoms with van der Waals surface area (Å²) in [6.07, 6.45) is 0.218. The number of ether oxygens (including phenoxy) is 3. The molecule has 0 aromatic carbocycles. The molecule has 1 saturated heterocycles. The van der Waals surface area contributed by atoms with Crippen molar-refractivity contribution in [1.82, 2.24) is 35.2 Å². The number of hydrogen-bond acceptors (Lipinski definition) is 11. The number of halogens is 5. The van der Waals surface area contributed by atoms with Crippen LogP contribution in [-0.4, -0.2) is 87.4 Å². The van der Waals surface area contributed by atoms with Gasteiger partial charge in [0, 0.05) is 36.2 Å². The van der Waals surface area contributed by atoms with Crippen molar-refractivity contribution in [2.45, 2.75) is 56.5 Å². The maximum absolute atomic E-state index is 13.5. The third-order valence-corrected chi connectivity index (χ3v) is 6.96. The molecule has 1 saturated carbocycles. The van der Waals surface area contributed by atoms with Gasteiger partial charge in [-0.3, -0.25) is 9.88 Å². The molecule has 0 spiro atoms. The molecule has 0 atom stereocenters. The zero-order valence-electron chi connectivity index (χ0n) is 23.3. The zero-order chi connectivity index (χ0) is 31.3. The van der Waals surface area contributed by atoms with Gasteiger partial charge in [-0.2, -0.15) is 18.2 Å². The van der Waals surface area contributed by atoms with Crippen LogP contribution >= 0.6 is 0 Å². The summed E-state index contributed by atoms with van der Waals surface area (Å²) >= 11 is 0. The number of rotatable bonds is 10. The SMILES string of the molecule is COc1ncc(-c2cnc(N(C(=O)NCC(F)F)[C@H]3CC[C@H](Nc4ncc(C(F)(F)F)c(OC5COC5)n4)CC3)cn2)cn1. The Kier molecular flexibility index (Phi) is 9.46. The van der Waals surface area contributed by atoms with Crippen molar-refractivity contribution in [3.63, 3.8) is 0 Å². The molecule has 13 nitrogen and oxygen atoms in total. The van der Waals surface area contributed by atoms with Crippen molar-refractivity contribution in [2.24, 2.45) is 0 Å². The second-order valence-electron chi connectivity index (χ2n) is 10.0. The molecule has 0 bridgehead atoms. The Balaban J connectivity index is 1.27. The fourth-order valence-corrected chi connectivity index (χ4v) is 4.68. The van der Waals surface area contributed by atoms with Crippen LogP contribution < -0.4 is 25.0 Å². The van der Waals surface area contributed by atoms with E-state index in [0.717, 1.165) is 0 Å². The average Bonchev–Trinajstić information content (AvgIpc) is 2.99. The first-order chi connectivity index (χ1) is 21.1. The molecule has 4 heterocycles. The summed E-state index contributed by atoms with van der Waals surface area (Å²) in [6.45, 7) is -0.513. The molecular formula is C26H28F5N9O4. The number of methoxy groups -OCH3 is 1. The minimum Gasteiger partial charge on any atom is -0.469 e. The van der Waals surface area contributed by atoms with Gasteiger partial charge in [0.25, 0.3) is 6.43 Å². The Labute approximate surface area is 247 Å². The first-order valence-corrected chi connectivity index (χ1v) is 13.6. The lowest BCUT2D eigenvalue weighted by atomic mass is 9.90. The number of hydrogen-bond donors (Lipinski definition) is 2. The third-order valence-electron chi connectivity index (χ3n) is 6.96. The van der Waals surface area contributed by atoms with E-state index >= 15 is 0 Å². The molecular weight excluding hydrogens is 597 g/mol. The van der Waals surface area contributed by atoms with E-state index in [9.17, 15) is 26.7 Å². The van der Waals surface area contributed by atoms with E-state index in [0.29, 0.717) is 43.1 Å². The van der Waals surface area contributed by atoms with Crippen LogP contribution in [0.1, 0.15) is 31.2 Å². The van der Waals surface area contributed by atoms with Crippen LogP contribution in [0.3, 0.4) is 0 Å². The lowest BCUT2D eigenvalue weighted by Gasteiger charge is -2.36. The minimum atomic E-state index is -4.70. The van der Waals surface area contributed by atoms with Gasteiger partial charge >= 0.3 is 18.2 Å². The first kappa shape index (κ1) is 31.0. The molecule has 18 heteroatoms. The Morgan fingerprint density at radius 3 is 2.32 bits per heavy atom. The van der Waals surface area contributed by atoms with E-state index in [2.05, 4.69) is 40.5 Å². The fourth-order valence-electron chi connectivity index (χ4n) is 4.68. The summed E-state index contributed by atoms with van der Waals surface area (Å²) in [7, 11) is 1.43. The molecule has 2 aliphatic rings. The van der Waals surface area contributed by atoms with Crippen molar-refractivity contribution in [1.29, 1.82) is 0 Å². The number of nitrogens with zero attached hydrogens (tertiary/aromatic N) is 7. The Bertz CT molecular complexity index is 1400. The lowest BCUT2D eigenvalue weighted by molar-refractivity contribution is -0.142. The highest BCUT2D eigenvalue weighted by Gasteiger charge is 2.38. The van der Waals surface area contributed by atoms with Crippen LogP contribution in [0.2, 0.25) is 0 Å². The first-order valence-electron chi connectivity index (χ1n) is 13.6. The van der Waals surface area contributed by atoms with Gasteiger partial charge < -0.3 is 24.8 Å². The predicted molar refractivity (Wildman–Crippen MR) is 143 cm³/mol. The van der Waals surface area contributed by atoms with E-state index in [-0.39, 0.29) is 37.0 Å². The smallest absolute Gasteiger partial charge is 0.423 e. The molecule has 2 amide bonds. The van der Waals surface area contributed by atoms with Gasteiger partial charge in [-0.25, -0.2) is 33.5 Å². The molecule has 3 aromatic rings. The molecule has 1 aliphatic carbocycles. The van der Waals surface area contributed by atoms with Crippen molar-refractivity contribution < 1.29 is 41.0 Å². The van der Waals surface area contributed by atoms with E-state index in [1.165, 1.54) is 36.8 Å². The Hall–Kier alpha value is -4.48. The summed E-state index contributed by atoms with van der Waals surface area (Å²) in [6, 6.07) is -1.25. The predicted octanol–water partition coefficient (Wildman–Crippen LogP) is 3.73. The number of anilines is 2. The van der Waals surface area contributed by atoms with Gasteiger partial charge in [-0.1, -0.05) is 0 Å². The van der Waals surface area contributed by atoms with Crippen molar-refractivity contribution >= 4 is 17.8 Å². The Morgan fingerprint density at radius 1 is 1.02 bits per heavy atom. The number of carbonyl (C=O) groups excluding carboxylic acids is 1. The van der Waals surface area contributed by atoms with Crippen LogP contribution in [0.25, 0.3) is 11.3 Å². The van der Waals surface area contributed by atoms with Crippen LogP contribution in [0, 0.1) is 0 Å². The van der Waals surface area contributed by atoms with Crippen LogP contribution in [0.15, 0.2) is 31.0 Å². The fraction of sp³-hybridized carbons (Fsp3) is 0.500. The maximum Gasteiger partial charge on any atom is 0.423 e. The van der Waals surface area contributed by atoms with E-state index in [4.69, 9.17) is 14.2 Å². The number of urea groups is 1. The van der Waals surface area contributed by atoms with E-state index < -0.39 is 48.8 Å². The second kappa shape index (κ2) is 13.4. The summed E-state index contributed by atoms with van der Waals surface area (Å²) in [5, 5.41) is 5.27. The lowest BCUT2D eigenvalue weighted by Crippen LogP contribution is -2.50. The standard InChI is InChI=1S/C26H28F5N9O4/c1-42-24-35-6-14(7-36-24)19-9-33-21(11-32-19)40(25(41)37-10-20(27)28)16-4-2-15(3-5-16)38-23-34-8-18(26(29,30)31)22(39-23)44-17-12-43-13-17/h6-9,11,15-17,20H,2-5,10,12-13H2,1H3,(H,37,41)(H,34,38,39)/t15-,16-. The average molecular weight is 626 g/mol. The third kappa shape index (κ3) is 7.53. The number of alkyl halides is 5. The largest absolute Gasteiger partial charge is 0.469 e. The molecule has 0 unspecified atom stereocenters. The molecule has 2 fully saturated rings. The number of carbonyl (C=O) groups is 1. The maximum atomic E-state index is 13.5. The molecule has 5 rings (SSSR count). The van der Waals surface area contributed by atoms with Crippen LogP contribution in [-0.2, 0) is 10.9 Å². The van der Waals surface area contributed by atoms with Crippen LogP contribution in [0.4, 0.5) is 38.5 Å². The molecule has 44 heavy (non-hydrogen) atoms. The van der Waals surface area contributed by atoms with Gasteiger partial charge in [-0.15, -0.1) is 0 Å². The van der Waals surface area contributed by atoms with Gasteiger partial charge in [-0.05, 0) is 25.7 Å². The molecule has 0 radical (unpaired) electrons. The quantitative estimate of drug-likeness (QED) is 0.318. The van der Waals surface area contributed by atoms with Gasteiger partial charge in [0.2, 0.25) is 11.8 Å². The normalized spacial score (nSPS) is 18.8.